The SMILES string of the molecule is Cc1cc(Cl)cc(N)c1C(=O)O. The zero-order valence-corrected chi connectivity index (χ0v) is 7.22. The molecule has 0 aliphatic heterocycles. The predicted molar refractivity (Wildman–Crippen MR) is 47.6 cm³/mol. The fourth-order valence-corrected chi connectivity index (χ4v) is 1.34. The Morgan fingerprint density at radius 1 is 1.58 bits per heavy atom. The number of nitrogen functional groups attached to an aromatic ring is 1. The van der Waals surface area contributed by atoms with Crippen molar-refractivity contribution in [2.45, 2.75) is 6.92 Å². The Hall–Kier alpha value is -1.22. The van der Waals surface area contributed by atoms with Gasteiger partial charge in [0.05, 0.1) is 5.56 Å². The normalized spacial score (nSPS) is 9.83. The van der Waals surface area contributed by atoms with Crippen LogP contribution >= 0.6 is 11.6 Å². The van der Waals surface area contributed by atoms with E-state index in [1.165, 1.54) is 6.07 Å². The van der Waals surface area contributed by atoms with Gasteiger partial charge in [0.1, 0.15) is 0 Å². The zero-order valence-electron chi connectivity index (χ0n) is 6.47. The maximum Gasteiger partial charge on any atom is 0.338 e. The molecule has 0 fully saturated rings. The molecule has 0 aliphatic carbocycles. The first-order valence-corrected chi connectivity index (χ1v) is 3.69. The molecule has 1 rings (SSSR count). The highest BCUT2D eigenvalue weighted by Gasteiger charge is 2.11. The Bertz CT molecular complexity index is 313. The Kier molecular flexibility index (Phi) is 2.24. The fourth-order valence-electron chi connectivity index (χ4n) is 1.06. The van der Waals surface area contributed by atoms with Crippen LogP contribution in [0.5, 0.6) is 0 Å². The van der Waals surface area contributed by atoms with Crippen LogP contribution in [0.15, 0.2) is 12.1 Å². The van der Waals surface area contributed by atoms with Crippen molar-refractivity contribution in [1.29, 1.82) is 0 Å². The number of carbonyl (C=O) groups is 1. The molecule has 0 radical (unpaired) electrons. The third kappa shape index (κ3) is 1.51. The number of carboxylic acid groups (broad SMARTS) is 1. The van der Waals surface area contributed by atoms with Crippen LogP contribution < -0.4 is 5.73 Å². The first kappa shape index (κ1) is 8.87. The van der Waals surface area contributed by atoms with Crippen molar-refractivity contribution < 1.29 is 9.90 Å². The highest BCUT2D eigenvalue weighted by Crippen LogP contribution is 2.22. The van der Waals surface area contributed by atoms with E-state index in [4.69, 9.17) is 22.4 Å². The van der Waals surface area contributed by atoms with Gasteiger partial charge >= 0.3 is 5.97 Å². The Balaban J connectivity index is 3.38. The van der Waals surface area contributed by atoms with Crippen molar-refractivity contribution in [1.82, 2.24) is 0 Å². The van der Waals surface area contributed by atoms with Crippen LogP contribution in [0.4, 0.5) is 5.69 Å². The maximum absolute atomic E-state index is 10.6. The fraction of sp³-hybridized carbons (Fsp3) is 0.125. The molecule has 0 unspecified atom stereocenters. The van der Waals surface area contributed by atoms with E-state index in [1.54, 1.807) is 13.0 Å². The summed E-state index contributed by atoms with van der Waals surface area (Å²) in [7, 11) is 0. The Morgan fingerprint density at radius 2 is 2.17 bits per heavy atom. The van der Waals surface area contributed by atoms with E-state index in [0.717, 1.165) is 0 Å². The smallest absolute Gasteiger partial charge is 0.338 e. The first-order valence-electron chi connectivity index (χ1n) is 3.31. The minimum absolute atomic E-state index is 0.124. The molecule has 64 valence electrons. The van der Waals surface area contributed by atoms with Gasteiger partial charge in [-0.05, 0) is 24.6 Å². The second kappa shape index (κ2) is 3.03. The van der Waals surface area contributed by atoms with Crippen LogP contribution in [0.25, 0.3) is 0 Å². The quantitative estimate of drug-likeness (QED) is 0.658. The third-order valence-corrected chi connectivity index (χ3v) is 1.76. The van der Waals surface area contributed by atoms with Crippen LogP contribution in [0.1, 0.15) is 15.9 Å². The lowest BCUT2D eigenvalue weighted by Crippen LogP contribution is -2.04. The monoisotopic (exact) mass is 185 g/mol. The zero-order chi connectivity index (χ0) is 9.30. The molecule has 3 N–H and O–H groups in total. The number of carboxylic acids is 1. The standard InChI is InChI=1S/C8H8ClNO2/c1-4-2-5(9)3-6(10)7(4)8(11)12/h2-3H,10H2,1H3,(H,11,12). The van der Waals surface area contributed by atoms with Crippen LogP contribution in [-0.2, 0) is 0 Å². The summed E-state index contributed by atoms with van der Waals surface area (Å²) in [5.74, 6) is -1.03. The summed E-state index contributed by atoms with van der Waals surface area (Å²) in [5.41, 5.74) is 6.36. The van der Waals surface area contributed by atoms with E-state index >= 15 is 0 Å². The van der Waals surface area contributed by atoms with Crippen molar-refractivity contribution in [3.63, 3.8) is 0 Å². The van der Waals surface area contributed by atoms with Gasteiger partial charge in [-0.1, -0.05) is 11.6 Å². The molecule has 0 amide bonds. The molecule has 0 atom stereocenters. The number of benzene rings is 1. The third-order valence-electron chi connectivity index (χ3n) is 1.54. The molecule has 0 bridgehead atoms. The number of hydrogen-bond acceptors (Lipinski definition) is 2. The lowest BCUT2D eigenvalue weighted by atomic mass is 10.1. The van der Waals surface area contributed by atoms with Gasteiger partial charge in [0.2, 0.25) is 0 Å². The Morgan fingerprint density at radius 3 is 2.58 bits per heavy atom. The van der Waals surface area contributed by atoms with Crippen LogP contribution in [0, 0.1) is 6.92 Å². The van der Waals surface area contributed by atoms with Gasteiger partial charge < -0.3 is 10.8 Å². The van der Waals surface area contributed by atoms with Crippen LogP contribution in [-0.4, -0.2) is 11.1 Å². The molecule has 4 heteroatoms. The number of anilines is 1. The van der Waals surface area contributed by atoms with Crippen molar-refractivity contribution in [3.8, 4) is 0 Å². The lowest BCUT2D eigenvalue weighted by Gasteiger charge is -2.04. The summed E-state index contributed by atoms with van der Waals surface area (Å²) in [6, 6.07) is 3.00. The van der Waals surface area contributed by atoms with E-state index in [-0.39, 0.29) is 11.3 Å². The second-order valence-corrected chi connectivity index (χ2v) is 2.93. The van der Waals surface area contributed by atoms with Gasteiger partial charge in [-0.3, -0.25) is 0 Å². The molecule has 0 aromatic heterocycles. The minimum atomic E-state index is -1.03. The topological polar surface area (TPSA) is 63.3 Å². The van der Waals surface area contributed by atoms with Crippen molar-refractivity contribution >= 4 is 23.3 Å². The van der Waals surface area contributed by atoms with Gasteiger partial charge in [-0.2, -0.15) is 0 Å². The van der Waals surface area contributed by atoms with E-state index in [2.05, 4.69) is 0 Å². The largest absolute Gasteiger partial charge is 0.478 e. The van der Waals surface area contributed by atoms with E-state index < -0.39 is 5.97 Å². The van der Waals surface area contributed by atoms with E-state index in [9.17, 15) is 4.79 Å². The molecule has 0 spiro atoms. The van der Waals surface area contributed by atoms with Gasteiger partial charge in [-0.15, -0.1) is 0 Å². The van der Waals surface area contributed by atoms with Crippen molar-refractivity contribution in [2.75, 3.05) is 5.73 Å². The van der Waals surface area contributed by atoms with Gasteiger partial charge in [0.15, 0.2) is 0 Å². The van der Waals surface area contributed by atoms with Gasteiger partial charge in [0, 0.05) is 10.7 Å². The minimum Gasteiger partial charge on any atom is -0.478 e. The van der Waals surface area contributed by atoms with Crippen LogP contribution in [0.3, 0.4) is 0 Å². The number of nitrogens with two attached hydrogens (primary N) is 1. The molecular formula is C8H8ClNO2. The summed E-state index contributed by atoms with van der Waals surface area (Å²) < 4.78 is 0. The maximum atomic E-state index is 10.6. The number of rotatable bonds is 1. The average molecular weight is 186 g/mol. The van der Waals surface area contributed by atoms with Gasteiger partial charge in [0.25, 0.3) is 0 Å². The number of halogens is 1. The summed E-state index contributed by atoms with van der Waals surface area (Å²) in [6.07, 6.45) is 0. The van der Waals surface area contributed by atoms with E-state index in [1.807, 2.05) is 0 Å². The summed E-state index contributed by atoms with van der Waals surface area (Å²) in [5, 5.41) is 9.17. The number of hydrogen-bond donors (Lipinski definition) is 2. The lowest BCUT2D eigenvalue weighted by molar-refractivity contribution is 0.0697. The molecule has 1 aromatic carbocycles. The predicted octanol–water partition coefficient (Wildman–Crippen LogP) is 1.93. The first-order chi connectivity index (χ1) is 5.52. The number of aryl methyl sites for hydroxylation is 1. The molecule has 0 aliphatic rings. The molecule has 0 saturated carbocycles. The Labute approximate surface area is 74.8 Å². The number of aromatic carboxylic acids is 1. The second-order valence-electron chi connectivity index (χ2n) is 2.49. The molecule has 0 saturated heterocycles. The molecule has 3 nitrogen and oxygen atoms in total. The molecule has 1 aromatic rings. The summed E-state index contributed by atoms with van der Waals surface area (Å²) in [6.45, 7) is 1.66. The summed E-state index contributed by atoms with van der Waals surface area (Å²) in [4.78, 5) is 10.6. The summed E-state index contributed by atoms with van der Waals surface area (Å²) >= 11 is 5.65. The van der Waals surface area contributed by atoms with Crippen molar-refractivity contribution in [3.05, 3.63) is 28.3 Å². The van der Waals surface area contributed by atoms with E-state index in [0.29, 0.717) is 10.6 Å². The molecule has 12 heavy (non-hydrogen) atoms. The average Bonchev–Trinajstić information content (AvgIpc) is 1.82. The highest BCUT2D eigenvalue weighted by atomic mass is 35.5. The van der Waals surface area contributed by atoms with Gasteiger partial charge in [-0.25, -0.2) is 4.79 Å². The highest BCUT2D eigenvalue weighted by molar-refractivity contribution is 6.31. The molecule has 0 heterocycles. The van der Waals surface area contributed by atoms with Crippen LogP contribution in [0.2, 0.25) is 5.02 Å². The van der Waals surface area contributed by atoms with Crippen molar-refractivity contribution in [2.24, 2.45) is 0 Å². The molecular weight excluding hydrogens is 178 g/mol.